The fraction of sp³-hybridized carbons (Fsp3) is 0.500. The van der Waals surface area contributed by atoms with Crippen molar-refractivity contribution in [2.45, 2.75) is 38.0 Å². The quantitative estimate of drug-likeness (QED) is 0.502. The molecule has 0 bridgehead atoms. The molecule has 130 valence electrons. The zero-order valence-electron chi connectivity index (χ0n) is 13.5. The van der Waals surface area contributed by atoms with E-state index in [-0.39, 0.29) is 5.09 Å². The third-order valence-electron chi connectivity index (χ3n) is 2.41. The van der Waals surface area contributed by atoms with Crippen LogP contribution in [0.2, 0.25) is 0 Å². The lowest BCUT2D eigenvalue weighted by molar-refractivity contribution is 0.0534. The molecule has 23 heavy (non-hydrogen) atoms. The summed E-state index contributed by atoms with van der Waals surface area (Å²) in [5.74, 6) is 0.467. The van der Waals surface area contributed by atoms with Gasteiger partial charge in [0.15, 0.2) is 0 Å². The summed E-state index contributed by atoms with van der Waals surface area (Å²) in [6.07, 6.45) is 3.12. The Morgan fingerprint density at radius 2 is 1.96 bits per heavy atom. The minimum Gasteiger partial charge on any atom is -0.447 e. The summed E-state index contributed by atoms with van der Waals surface area (Å²) in [6, 6.07) is 2.85. The van der Waals surface area contributed by atoms with Gasteiger partial charge in [-0.2, -0.15) is 0 Å². The Balaban J connectivity index is 2.20. The van der Waals surface area contributed by atoms with E-state index in [1.54, 1.807) is 32.9 Å². The number of sulfonamides is 1. The summed E-state index contributed by atoms with van der Waals surface area (Å²) < 4.78 is 32.3. The molecule has 0 aliphatic heterocycles. The first-order chi connectivity index (χ1) is 10.6. The highest BCUT2D eigenvalue weighted by Gasteiger charge is 2.15. The minimum absolute atomic E-state index is 0.258. The molecule has 1 rings (SSSR count). The molecular weight excluding hydrogens is 322 g/mol. The van der Waals surface area contributed by atoms with Crippen molar-refractivity contribution in [3.8, 4) is 0 Å². The van der Waals surface area contributed by atoms with Gasteiger partial charge in [-0.15, -0.1) is 0 Å². The number of hydrogen-bond donors (Lipinski definition) is 3. The molecular formula is C14H23N3O5S. The molecule has 0 fully saturated rings. The van der Waals surface area contributed by atoms with Gasteiger partial charge in [-0.1, -0.05) is 12.2 Å². The van der Waals surface area contributed by atoms with Crippen LogP contribution in [-0.2, 0) is 21.3 Å². The maximum Gasteiger partial charge on any atom is 0.407 e. The fourth-order valence-electron chi connectivity index (χ4n) is 1.51. The molecule has 0 radical (unpaired) electrons. The van der Waals surface area contributed by atoms with Crippen LogP contribution in [0.25, 0.3) is 0 Å². The van der Waals surface area contributed by atoms with Gasteiger partial charge in [0.25, 0.3) is 10.0 Å². The van der Waals surface area contributed by atoms with E-state index in [1.165, 1.54) is 6.07 Å². The average Bonchev–Trinajstić information content (AvgIpc) is 2.84. The second-order valence-electron chi connectivity index (χ2n) is 5.75. The first kappa shape index (κ1) is 19.2. The molecule has 1 heterocycles. The smallest absolute Gasteiger partial charge is 0.407 e. The monoisotopic (exact) mass is 345 g/mol. The second-order valence-corrected chi connectivity index (χ2v) is 7.24. The van der Waals surface area contributed by atoms with Crippen molar-refractivity contribution >= 4 is 16.1 Å². The summed E-state index contributed by atoms with van der Waals surface area (Å²) in [5, 5.41) is 10.3. The van der Waals surface area contributed by atoms with Crippen molar-refractivity contribution in [1.82, 2.24) is 10.6 Å². The van der Waals surface area contributed by atoms with Crippen molar-refractivity contribution in [1.29, 1.82) is 0 Å². The van der Waals surface area contributed by atoms with Crippen LogP contribution in [-0.4, -0.2) is 33.2 Å². The zero-order chi connectivity index (χ0) is 17.5. The van der Waals surface area contributed by atoms with Crippen LogP contribution in [0, 0.1) is 0 Å². The number of carbonyl (C=O) groups is 1. The van der Waals surface area contributed by atoms with E-state index in [4.69, 9.17) is 14.3 Å². The fourth-order valence-corrected chi connectivity index (χ4v) is 1.99. The highest BCUT2D eigenvalue weighted by atomic mass is 32.2. The number of carbonyl (C=O) groups excluding carboxylic acids is 1. The standard InChI is InChI=1S/C14H23N3O5S/c1-14(2,3)22-13(18)17-9-5-4-8-16-10-11-6-7-12(21-11)23(15,19)20/h4-7,16H,8-10H2,1-3H3,(H,17,18)(H2,15,19,20)/b5-4+. The summed E-state index contributed by atoms with van der Waals surface area (Å²) in [6.45, 7) is 6.63. The number of nitrogens with one attached hydrogen (secondary N) is 2. The molecule has 1 amide bonds. The molecule has 8 nitrogen and oxygen atoms in total. The third-order valence-corrected chi connectivity index (χ3v) is 3.19. The highest BCUT2D eigenvalue weighted by molar-refractivity contribution is 7.89. The number of hydrogen-bond acceptors (Lipinski definition) is 6. The maximum atomic E-state index is 11.4. The van der Waals surface area contributed by atoms with Gasteiger partial charge in [0, 0.05) is 13.1 Å². The molecule has 4 N–H and O–H groups in total. The van der Waals surface area contributed by atoms with Crippen molar-refractivity contribution in [3.63, 3.8) is 0 Å². The SMILES string of the molecule is CC(C)(C)OC(=O)NC/C=C/CNCc1ccc(S(N)(=O)=O)o1. The molecule has 9 heteroatoms. The van der Waals surface area contributed by atoms with E-state index in [0.717, 1.165) is 0 Å². The van der Waals surface area contributed by atoms with Crippen molar-refractivity contribution in [2.75, 3.05) is 13.1 Å². The summed E-state index contributed by atoms with van der Waals surface area (Å²) in [7, 11) is -3.81. The lowest BCUT2D eigenvalue weighted by atomic mass is 10.2. The largest absolute Gasteiger partial charge is 0.447 e. The molecule has 0 aromatic carbocycles. The zero-order valence-corrected chi connectivity index (χ0v) is 14.3. The number of primary sulfonamides is 1. The number of nitrogens with two attached hydrogens (primary N) is 1. The Labute approximate surface area is 136 Å². The van der Waals surface area contributed by atoms with E-state index in [2.05, 4.69) is 10.6 Å². The number of alkyl carbamates (subject to hydrolysis) is 1. The Bertz CT molecular complexity index is 644. The number of rotatable bonds is 7. The maximum absolute atomic E-state index is 11.4. The number of furan rings is 1. The van der Waals surface area contributed by atoms with Crippen molar-refractivity contribution < 1.29 is 22.4 Å². The average molecular weight is 345 g/mol. The van der Waals surface area contributed by atoms with Crippen LogP contribution in [0.3, 0.4) is 0 Å². The molecule has 0 saturated heterocycles. The molecule has 0 aliphatic carbocycles. The first-order valence-electron chi connectivity index (χ1n) is 7.02. The van der Waals surface area contributed by atoms with E-state index >= 15 is 0 Å². The predicted molar refractivity (Wildman–Crippen MR) is 85.2 cm³/mol. The van der Waals surface area contributed by atoms with E-state index < -0.39 is 21.7 Å². The van der Waals surface area contributed by atoms with Crippen LogP contribution < -0.4 is 15.8 Å². The first-order valence-corrected chi connectivity index (χ1v) is 8.56. The Kier molecular flexibility index (Phi) is 6.79. The van der Waals surface area contributed by atoms with Gasteiger partial charge in [0.1, 0.15) is 11.4 Å². The molecule has 0 unspecified atom stereocenters. The van der Waals surface area contributed by atoms with Crippen LogP contribution >= 0.6 is 0 Å². The van der Waals surface area contributed by atoms with Gasteiger partial charge < -0.3 is 19.8 Å². The third kappa shape index (κ3) is 8.38. The molecule has 0 saturated carbocycles. The Morgan fingerprint density at radius 3 is 2.52 bits per heavy atom. The normalized spacial score (nSPS) is 12.5. The van der Waals surface area contributed by atoms with Gasteiger partial charge in [-0.3, -0.25) is 0 Å². The van der Waals surface area contributed by atoms with E-state index in [0.29, 0.717) is 25.4 Å². The Morgan fingerprint density at radius 1 is 1.30 bits per heavy atom. The minimum atomic E-state index is -3.81. The summed E-state index contributed by atoms with van der Waals surface area (Å²) in [4.78, 5) is 11.4. The molecule has 0 aliphatic rings. The van der Waals surface area contributed by atoms with E-state index in [1.807, 2.05) is 6.08 Å². The number of ether oxygens (including phenoxy) is 1. The van der Waals surface area contributed by atoms with Crippen molar-refractivity contribution in [3.05, 3.63) is 30.0 Å². The van der Waals surface area contributed by atoms with Gasteiger partial charge >= 0.3 is 6.09 Å². The van der Waals surface area contributed by atoms with Gasteiger partial charge in [0.05, 0.1) is 6.54 Å². The van der Waals surface area contributed by atoms with Crippen molar-refractivity contribution in [2.24, 2.45) is 5.14 Å². The van der Waals surface area contributed by atoms with Crippen LogP contribution in [0.4, 0.5) is 4.79 Å². The lowest BCUT2D eigenvalue weighted by Gasteiger charge is -2.19. The molecule has 0 spiro atoms. The molecule has 1 aromatic rings. The highest BCUT2D eigenvalue weighted by Crippen LogP contribution is 2.11. The predicted octanol–water partition coefficient (Wildman–Crippen LogP) is 1.10. The van der Waals surface area contributed by atoms with Gasteiger partial charge in [0.2, 0.25) is 5.09 Å². The summed E-state index contributed by atoms with van der Waals surface area (Å²) >= 11 is 0. The lowest BCUT2D eigenvalue weighted by Crippen LogP contribution is -2.32. The number of amides is 1. The van der Waals surface area contributed by atoms with Crippen LogP contribution in [0.15, 0.2) is 33.8 Å². The van der Waals surface area contributed by atoms with Crippen LogP contribution in [0.1, 0.15) is 26.5 Å². The van der Waals surface area contributed by atoms with E-state index in [9.17, 15) is 13.2 Å². The van der Waals surface area contributed by atoms with Crippen LogP contribution in [0.5, 0.6) is 0 Å². The Hall–Kier alpha value is -1.84. The molecule has 1 aromatic heterocycles. The van der Waals surface area contributed by atoms with Gasteiger partial charge in [-0.25, -0.2) is 18.4 Å². The van der Waals surface area contributed by atoms with Gasteiger partial charge in [-0.05, 0) is 32.9 Å². The topological polar surface area (TPSA) is 124 Å². The second kappa shape index (κ2) is 8.14. The summed E-state index contributed by atoms with van der Waals surface area (Å²) in [5.41, 5.74) is -0.520. The molecule has 0 atom stereocenters.